The SMILES string of the molecule is CC(C)CC1CCNCC1C(N)=O. The second kappa shape index (κ2) is 4.61. The molecule has 0 spiro atoms. The number of primary amides is 1. The van der Waals surface area contributed by atoms with E-state index < -0.39 is 0 Å². The molecule has 0 bridgehead atoms. The highest BCUT2D eigenvalue weighted by atomic mass is 16.1. The van der Waals surface area contributed by atoms with Crippen molar-refractivity contribution in [2.75, 3.05) is 13.1 Å². The van der Waals surface area contributed by atoms with E-state index in [-0.39, 0.29) is 11.8 Å². The Morgan fingerprint density at radius 2 is 2.31 bits per heavy atom. The molecule has 3 nitrogen and oxygen atoms in total. The molecule has 2 unspecified atom stereocenters. The Hall–Kier alpha value is -0.570. The Labute approximate surface area is 80.1 Å². The minimum Gasteiger partial charge on any atom is -0.369 e. The zero-order valence-electron chi connectivity index (χ0n) is 8.55. The van der Waals surface area contributed by atoms with Crippen LogP contribution in [0.25, 0.3) is 0 Å². The van der Waals surface area contributed by atoms with Gasteiger partial charge < -0.3 is 11.1 Å². The highest BCUT2D eigenvalue weighted by molar-refractivity contribution is 5.77. The van der Waals surface area contributed by atoms with Gasteiger partial charge in [-0.15, -0.1) is 0 Å². The van der Waals surface area contributed by atoms with Gasteiger partial charge in [-0.05, 0) is 31.2 Å². The van der Waals surface area contributed by atoms with Crippen LogP contribution < -0.4 is 11.1 Å². The molecule has 1 amide bonds. The molecular formula is C10H20N2O. The average Bonchev–Trinajstić information content (AvgIpc) is 2.03. The quantitative estimate of drug-likeness (QED) is 0.680. The Balaban J connectivity index is 2.51. The molecule has 2 atom stereocenters. The lowest BCUT2D eigenvalue weighted by Gasteiger charge is -2.31. The number of hydrogen-bond donors (Lipinski definition) is 2. The summed E-state index contributed by atoms with van der Waals surface area (Å²) in [7, 11) is 0. The molecule has 0 aromatic heterocycles. The van der Waals surface area contributed by atoms with E-state index >= 15 is 0 Å². The summed E-state index contributed by atoms with van der Waals surface area (Å²) < 4.78 is 0. The Kier molecular flexibility index (Phi) is 3.72. The van der Waals surface area contributed by atoms with Crippen molar-refractivity contribution in [1.82, 2.24) is 5.32 Å². The molecule has 0 aromatic rings. The summed E-state index contributed by atoms with van der Waals surface area (Å²) in [4.78, 5) is 11.1. The van der Waals surface area contributed by atoms with Gasteiger partial charge in [0.1, 0.15) is 0 Å². The van der Waals surface area contributed by atoms with E-state index in [4.69, 9.17) is 5.73 Å². The van der Waals surface area contributed by atoms with Gasteiger partial charge in [0.25, 0.3) is 0 Å². The molecule has 1 aliphatic heterocycles. The largest absolute Gasteiger partial charge is 0.369 e. The standard InChI is InChI=1S/C10H20N2O/c1-7(2)5-8-3-4-12-6-9(8)10(11)13/h7-9,12H,3-6H2,1-2H3,(H2,11,13). The van der Waals surface area contributed by atoms with Gasteiger partial charge in [-0.1, -0.05) is 13.8 Å². The van der Waals surface area contributed by atoms with E-state index in [1.54, 1.807) is 0 Å². The van der Waals surface area contributed by atoms with Crippen LogP contribution in [0.1, 0.15) is 26.7 Å². The monoisotopic (exact) mass is 184 g/mol. The van der Waals surface area contributed by atoms with Crippen molar-refractivity contribution in [3.63, 3.8) is 0 Å². The van der Waals surface area contributed by atoms with Crippen LogP contribution in [-0.2, 0) is 4.79 Å². The third-order valence-corrected chi connectivity index (χ3v) is 2.76. The molecule has 76 valence electrons. The van der Waals surface area contributed by atoms with Gasteiger partial charge in [-0.2, -0.15) is 0 Å². The van der Waals surface area contributed by atoms with Crippen molar-refractivity contribution >= 4 is 5.91 Å². The zero-order chi connectivity index (χ0) is 9.84. The fraction of sp³-hybridized carbons (Fsp3) is 0.900. The molecule has 3 heteroatoms. The predicted molar refractivity (Wildman–Crippen MR) is 53.1 cm³/mol. The zero-order valence-corrected chi connectivity index (χ0v) is 8.55. The van der Waals surface area contributed by atoms with Crippen LogP contribution in [0.15, 0.2) is 0 Å². The van der Waals surface area contributed by atoms with Crippen LogP contribution in [0, 0.1) is 17.8 Å². The maximum absolute atomic E-state index is 11.1. The summed E-state index contributed by atoms with van der Waals surface area (Å²) >= 11 is 0. The molecule has 1 heterocycles. The van der Waals surface area contributed by atoms with Crippen molar-refractivity contribution in [1.29, 1.82) is 0 Å². The molecule has 0 saturated carbocycles. The number of carbonyl (C=O) groups is 1. The fourth-order valence-electron chi connectivity index (χ4n) is 2.13. The number of nitrogens with two attached hydrogens (primary N) is 1. The molecule has 13 heavy (non-hydrogen) atoms. The van der Waals surface area contributed by atoms with Gasteiger partial charge in [0, 0.05) is 6.54 Å². The lowest BCUT2D eigenvalue weighted by molar-refractivity contribution is -0.124. The first-order chi connectivity index (χ1) is 6.11. The van der Waals surface area contributed by atoms with Gasteiger partial charge in [0.05, 0.1) is 5.92 Å². The maximum Gasteiger partial charge on any atom is 0.222 e. The first-order valence-electron chi connectivity index (χ1n) is 5.11. The number of amides is 1. The minimum absolute atomic E-state index is 0.0520. The summed E-state index contributed by atoms with van der Waals surface area (Å²) in [6, 6.07) is 0. The van der Waals surface area contributed by atoms with Crippen LogP contribution >= 0.6 is 0 Å². The number of nitrogens with one attached hydrogen (secondary N) is 1. The predicted octanol–water partition coefficient (Wildman–Crippen LogP) is 0.744. The number of hydrogen-bond acceptors (Lipinski definition) is 2. The van der Waals surface area contributed by atoms with Crippen molar-refractivity contribution in [2.45, 2.75) is 26.7 Å². The third-order valence-electron chi connectivity index (χ3n) is 2.76. The molecule has 0 aliphatic carbocycles. The topological polar surface area (TPSA) is 55.1 Å². The first-order valence-corrected chi connectivity index (χ1v) is 5.11. The molecule has 3 N–H and O–H groups in total. The summed E-state index contributed by atoms with van der Waals surface area (Å²) in [6.45, 7) is 6.19. The van der Waals surface area contributed by atoms with Crippen LogP contribution in [0.5, 0.6) is 0 Å². The van der Waals surface area contributed by atoms with Gasteiger partial charge >= 0.3 is 0 Å². The van der Waals surface area contributed by atoms with Gasteiger partial charge in [0.2, 0.25) is 5.91 Å². The Morgan fingerprint density at radius 3 is 2.85 bits per heavy atom. The number of carbonyl (C=O) groups excluding carboxylic acids is 1. The smallest absolute Gasteiger partial charge is 0.222 e. The van der Waals surface area contributed by atoms with Crippen LogP contribution in [-0.4, -0.2) is 19.0 Å². The summed E-state index contributed by atoms with van der Waals surface area (Å²) in [5.74, 6) is 1.07. The fourth-order valence-corrected chi connectivity index (χ4v) is 2.13. The van der Waals surface area contributed by atoms with Crippen molar-refractivity contribution in [3.05, 3.63) is 0 Å². The Bertz CT molecular complexity index is 180. The van der Waals surface area contributed by atoms with E-state index in [0.717, 1.165) is 25.9 Å². The van der Waals surface area contributed by atoms with Crippen molar-refractivity contribution in [2.24, 2.45) is 23.5 Å². The molecule has 1 aliphatic rings. The molecule has 0 aromatic carbocycles. The number of piperidine rings is 1. The van der Waals surface area contributed by atoms with Gasteiger partial charge in [-0.25, -0.2) is 0 Å². The minimum atomic E-state index is -0.141. The molecule has 1 saturated heterocycles. The van der Waals surface area contributed by atoms with Crippen LogP contribution in [0.4, 0.5) is 0 Å². The Morgan fingerprint density at radius 1 is 1.62 bits per heavy atom. The van der Waals surface area contributed by atoms with Crippen LogP contribution in [0.3, 0.4) is 0 Å². The highest BCUT2D eigenvalue weighted by Crippen LogP contribution is 2.25. The normalized spacial score (nSPS) is 29.2. The van der Waals surface area contributed by atoms with Gasteiger partial charge in [-0.3, -0.25) is 4.79 Å². The van der Waals surface area contributed by atoms with E-state index in [2.05, 4.69) is 19.2 Å². The van der Waals surface area contributed by atoms with E-state index in [9.17, 15) is 4.79 Å². The summed E-state index contributed by atoms with van der Waals surface area (Å²) in [5, 5.41) is 3.22. The van der Waals surface area contributed by atoms with Gasteiger partial charge in [0.15, 0.2) is 0 Å². The second-order valence-corrected chi connectivity index (χ2v) is 4.39. The molecular weight excluding hydrogens is 164 g/mol. The van der Waals surface area contributed by atoms with Crippen molar-refractivity contribution < 1.29 is 4.79 Å². The lowest BCUT2D eigenvalue weighted by Crippen LogP contribution is -2.44. The van der Waals surface area contributed by atoms with Crippen molar-refractivity contribution in [3.8, 4) is 0 Å². The summed E-state index contributed by atoms with van der Waals surface area (Å²) in [6.07, 6.45) is 2.21. The molecule has 1 rings (SSSR count). The molecule has 1 fully saturated rings. The van der Waals surface area contributed by atoms with E-state index in [1.807, 2.05) is 0 Å². The average molecular weight is 184 g/mol. The maximum atomic E-state index is 11.1. The van der Waals surface area contributed by atoms with E-state index in [0.29, 0.717) is 11.8 Å². The second-order valence-electron chi connectivity index (χ2n) is 4.39. The first kappa shape index (κ1) is 10.5. The van der Waals surface area contributed by atoms with E-state index in [1.165, 1.54) is 0 Å². The summed E-state index contributed by atoms with van der Waals surface area (Å²) in [5.41, 5.74) is 5.35. The molecule has 0 radical (unpaired) electrons. The third kappa shape index (κ3) is 2.99. The number of rotatable bonds is 3. The van der Waals surface area contributed by atoms with Crippen LogP contribution in [0.2, 0.25) is 0 Å². The lowest BCUT2D eigenvalue weighted by atomic mass is 9.80. The highest BCUT2D eigenvalue weighted by Gasteiger charge is 2.29.